The third-order valence-electron chi connectivity index (χ3n) is 19.2. The second-order valence-electron chi connectivity index (χ2n) is 28.0. The lowest BCUT2D eigenvalue weighted by molar-refractivity contribution is 0.112. The van der Waals surface area contributed by atoms with E-state index in [1.807, 2.05) is 67.6 Å². The largest absolute Gasteiger partial charge is 0.356 e. The Morgan fingerprint density at radius 2 is 0.444 bits per heavy atom. The van der Waals surface area contributed by atoms with Crippen LogP contribution in [0.1, 0.15) is 85.9 Å². The molecular formula is C110H98Br2N4O. The number of nitrogens with zero attached hydrogens (tertiary/aromatic N) is 2. The second kappa shape index (κ2) is 44.3. The van der Waals surface area contributed by atoms with E-state index in [0.717, 1.165) is 95.2 Å². The van der Waals surface area contributed by atoms with Crippen LogP contribution in [0.4, 0.5) is 56.9 Å². The Bertz CT molecular complexity index is 5380. The zero-order chi connectivity index (χ0) is 80.5. The molecule has 0 saturated heterocycles. The molecule has 0 atom stereocenters. The molecule has 16 aromatic carbocycles. The molecule has 0 radical (unpaired) electrons. The summed E-state index contributed by atoms with van der Waals surface area (Å²) in [7, 11) is 0. The lowest BCUT2D eigenvalue weighted by Gasteiger charge is -2.26. The Labute approximate surface area is 710 Å². The van der Waals surface area contributed by atoms with Gasteiger partial charge in [-0.25, -0.2) is 0 Å². The maximum absolute atomic E-state index is 10.1. The minimum Gasteiger partial charge on any atom is -0.356 e. The number of benzene rings is 16. The van der Waals surface area contributed by atoms with Crippen LogP contribution in [0, 0.1) is 27.7 Å². The van der Waals surface area contributed by atoms with Crippen molar-refractivity contribution in [2.75, 3.05) is 20.4 Å². The first-order chi connectivity index (χ1) is 56.8. The molecule has 0 fully saturated rings. The number of anilines is 10. The van der Waals surface area contributed by atoms with Gasteiger partial charge in [0.1, 0.15) is 6.29 Å². The minimum atomic E-state index is 0. The summed E-state index contributed by atoms with van der Waals surface area (Å²) in [5.74, 6) is 0. The van der Waals surface area contributed by atoms with Crippen molar-refractivity contribution in [2.24, 2.45) is 0 Å². The van der Waals surface area contributed by atoms with Crippen molar-refractivity contribution in [3.8, 4) is 22.3 Å². The number of para-hydroxylation sites is 4. The van der Waals surface area contributed by atoms with Gasteiger partial charge >= 0.3 is 0 Å². The van der Waals surface area contributed by atoms with Crippen LogP contribution < -0.4 is 20.4 Å². The summed E-state index contributed by atoms with van der Waals surface area (Å²) in [4.78, 5) is 14.7. The van der Waals surface area contributed by atoms with Gasteiger partial charge in [0.05, 0.1) is 0 Å². The van der Waals surface area contributed by atoms with Crippen LogP contribution in [0.5, 0.6) is 0 Å². The average Bonchev–Trinajstić information content (AvgIpc) is 0.798. The summed E-state index contributed by atoms with van der Waals surface area (Å²) in [6.07, 6.45) is 14.9. The highest BCUT2D eigenvalue weighted by Gasteiger charge is 2.16. The van der Waals surface area contributed by atoms with E-state index in [9.17, 15) is 4.79 Å². The van der Waals surface area contributed by atoms with E-state index in [2.05, 4.69) is 468 Å². The molecule has 5 nitrogen and oxygen atoms in total. The van der Waals surface area contributed by atoms with Crippen molar-refractivity contribution >= 4 is 131 Å². The van der Waals surface area contributed by atoms with Crippen molar-refractivity contribution in [1.29, 1.82) is 0 Å². The molecule has 117 heavy (non-hydrogen) atoms. The molecule has 0 aliphatic heterocycles. The molecule has 0 amide bonds. The fraction of sp³-hybridized carbons (Fsp3) is 0.0636. The monoisotopic (exact) mass is 1650 g/mol. The molecule has 0 heterocycles. The highest BCUT2D eigenvalue weighted by molar-refractivity contribution is 9.10. The Hall–Kier alpha value is -13.4. The number of aldehydes is 1. The molecular weight excluding hydrogens is 1550 g/mol. The average molecular weight is 1650 g/mol. The van der Waals surface area contributed by atoms with Gasteiger partial charge < -0.3 is 20.4 Å². The fourth-order valence-corrected chi connectivity index (χ4v) is 13.1. The van der Waals surface area contributed by atoms with Crippen LogP contribution >= 0.6 is 31.9 Å². The van der Waals surface area contributed by atoms with E-state index in [1.165, 1.54) is 72.3 Å². The fourth-order valence-electron chi connectivity index (χ4n) is 12.5. The van der Waals surface area contributed by atoms with Gasteiger partial charge in [0, 0.05) is 71.4 Å². The van der Waals surface area contributed by atoms with Crippen molar-refractivity contribution in [2.45, 2.75) is 48.5 Å². The number of hydrogen-bond donors (Lipinski definition) is 2. The first-order valence-corrected chi connectivity index (χ1v) is 40.6. The van der Waals surface area contributed by atoms with Crippen molar-refractivity contribution in [3.63, 3.8) is 0 Å². The molecule has 0 aliphatic rings. The van der Waals surface area contributed by atoms with Gasteiger partial charge in [-0.15, -0.1) is 0 Å². The molecule has 578 valence electrons. The third kappa shape index (κ3) is 26.6. The number of halogens is 2. The summed E-state index contributed by atoms with van der Waals surface area (Å²) in [5, 5.41) is 6.82. The molecule has 0 aromatic heterocycles. The smallest absolute Gasteiger partial charge is 0.150 e. The number of aryl methyl sites for hydroxylation is 5. The van der Waals surface area contributed by atoms with Gasteiger partial charge in [-0.2, -0.15) is 0 Å². The number of rotatable bonds is 20. The minimum absolute atomic E-state index is 0. The lowest BCUT2D eigenvalue weighted by atomic mass is 10.0. The van der Waals surface area contributed by atoms with Gasteiger partial charge in [0.25, 0.3) is 0 Å². The molecule has 0 bridgehead atoms. The first kappa shape index (κ1) is 84.5. The van der Waals surface area contributed by atoms with Crippen LogP contribution in [0.25, 0.3) is 58.7 Å². The molecule has 0 unspecified atom stereocenters. The molecule has 0 saturated carbocycles. The van der Waals surface area contributed by atoms with Gasteiger partial charge in [-0.1, -0.05) is 372 Å². The molecule has 2 N–H and O–H groups in total. The molecule has 7 heteroatoms. The predicted molar refractivity (Wildman–Crippen MR) is 514 cm³/mol. The number of carbonyl (C=O) groups is 1. The van der Waals surface area contributed by atoms with Gasteiger partial charge in [-0.05, 0) is 241 Å². The SMILES string of the molecule is C.CCc1ccc(Br)cc1.Cc1ccc(/C=C/c2ccc(Br)cc2)cc1.Cc1ccc(/C=C/c2ccc(N(c3ccccc3)c3ccc(-c4ccc(N(c5ccccc5)c5ccc(/C=C/c6ccc(C)cc6)cc5)cc4)cc3)cc2)cc1.Cc1ccc(C=O)cc1.c1ccc(Nc2ccc(-c3ccc(Nc4ccccc4)cc3)cc2)cc1. The van der Waals surface area contributed by atoms with E-state index in [0.29, 0.717) is 0 Å². The molecule has 16 aromatic rings. The Kier molecular flexibility index (Phi) is 32.0. The summed E-state index contributed by atoms with van der Waals surface area (Å²) in [5.41, 5.74) is 30.0. The summed E-state index contributed by atoms with van der Waals surface area (Å²) in [6, 6.07) is 144. The number of nitrogens with one attached hydrogen (secondary N) is 2. The lowest BCUT2D eigenvalue weighted by Crippen LogP contribution is -2.10. The van der Waals surface area contributed by atoms with Gasteiger partial charge in [-0.3, -0.25) is 4.79 Å². The third-order valence-corrected chi connectivity index (χ3v) is 20.2. The van der Waals surface area contributed by atoms with Crippen molar-refractivity contribution in [3.05, 3.63) is 488 Å². The van der Waals surface area contributed by atoms with Crippen molar-refractivity contribution < 1.29 is 4.79 Å². The van der Waals surface area contributed by atoms with Gasteiger partial charge in [0.2, 0.25) is 0 Å². The Morgan fingerprint density at radius 3 is 0.709 bits per heavy atom. The van der Waals surface area contributed by atoms with E-state index in [1.54, 1.807) is 0 Å². The standard InChI is InChI=1S/C54H44N2.C24H20N2.C15H13Br.C8H9Br.C8H8O.CH4/c1-41-13-17-43(18-14-41)21-23-45-25-33-51(34-26-45)55(49-9-5-3-6-10-49)53-37-29-47(30-38-53)48-31-39-54(40-32-48)56(50-11-7-4-8-12-50)52-35-27-46(28-36-52)24-22-44-19-15-42(2)16-20-44;1-3-7-21(8-4-1)25-23-15-11-19(12-16-23)20-13-17-24(18-14-20)26-22-9-5-2-6-10-22;1-12-2-4-13(5-3-12)6-7-14-8-10-15(16)11-9-14;1-2-7-3-5-8(9)6-4-7;1-7-2-4-8(6-9)5-3-7;/h3-40H,1-2H3;1-18,25-26H;2-11H,1H3;3-6H,2H2,1H3;2-6H,1H3;1H4/b23-21+,24-22+;;7-6+;;;. The molecule has 0 spiro atoms. The molecule has 16 rings (SSSR count). The van der Waals surface area contributed by atoms with E-state index >= 15 is 0 Å². The predicted octanol–water partition coefficient (Wildman–Crippen LogP) is 32.5. The number of carbonyl (C=O) groups excluding carboxylic acids is 1. The van der Waals surface area contributed by atoms with E-state index in [-0.39, 0.29) is 7.43 Å². The number of hydrogen-bond acceptors (Lipinski definition) is 5. The molecule has 0 aliphatic carbocycles. The van der Waals surface area contributed by atoms with Crippen molar-refractivity contribution in [1.82, 2.24) is 0 Å². The normalized spacial score (nSPS) is 10.6. The van der Waals surface area contributed by atoms with E-state index in [4.69, 9.17) is 0 Å². The maximum Gasteiger partial charge on any atom is 0.150 e. The Morgan fingerprint density at radius 1 is 0.239 bits per heavy atom. The zero-order valence-corrected chi connectivity index (χ0v) is 69.2. The van der Waals surface area contributed by atoms with Crippen LogP contribution in [0.3, 0.4) is 0 Å². The highest BCUT2D eigenvalue weighted by Crippen LogP contribution is 2.39. The first-order valence-electron chi connectivity index (χ1n) is 39.0. The van der Waals surface area contributed by atoms with E-state index < -0.39 is 0 Å². The summed E-state index contributed by atoms with van der Waals surface area (Å²) in [6.45, 7) is 10.5. The van der Waals surface area contributed by atoms with Crippen LogP contribution in [-0.2, 0) is 6.42 Å². The Balaban J connectivity index is 0.000000178. The van der Waals surface area contributed by atoms with Crippen LogP contribution in [0.2, 0.25) is 0 Å². The van der Waals surface area contributed by atoms with Crippen LogP contribution in [-0.4, -0.2) is 6.29 Å². The van der Waals surface area contributed by atoms with Crippen LogP contribution in [0.15, 0.2) is 421 Å². The van der Waals surface area contributed by atoms with Gasteiger partial charge in [0.15, 0.2) is 0 Å². The summed E-state index contributed by atoms with van der Waals surface area (Å²) < 4.78 is 2.26. The quantitative estimate of drug-likeness (QED) is 0.0588. The second-order valence-corrected chi connectivity index (χ2v) is 29.9. The highest BCUT2D eigenvalue weighted by atomic mass is 79.9. The topological polar surface area (TPSA) is 47.6 Å². The maximum atomic E-state index is 10.1. The zero-order valence-electron chi connectivity index (χ0n) is 66.1. The summed E-state index contributed by atoms with van der Waals surface area (Å²) >= 11 is 6.80.